The van der Waals surface area contributed by atoms with E-state index in [2.05, 4.69) is 4.98 Å². The van der Waals surface area contributed by atoms with E-state index in [0.29, 0.717) is 11.7 Å². The van der Waals surface area contributed by atoms with E-state index < -0.39 is 0 Å². The highest BCUT2D eigenvalue weighted by atomic mass is 35.5. The maximum atomic E-state index is 5.85. The van der Waals surface area contributed by atoms with Crippen molar-refractivity contribution in [2.45, 2.75) is 6.42 Å². The summed E-state index contributed by atoms with van der Waals surface area (Å²) in [6.45, 7) is 0.661. The number of fused-ring (bicyclic) bond motifs is 1. The molecule has 0 bridgehead atoms. The Morgan fingerprint density at radius 3 is 3.08 bits per heavy atom. The van der Waals surface area contributed by atoms with E-state index in [1.807, 2.05) is 22.7 Å². The highest BCUT2D eigenvalue weighted by Crippen LogP contribution is 2.15. The van der Waals surface area contributed by atoms with Gasteiger partial charge in [0.2, 0.25) is 0 Å². The zero-order valence-corrected chi connectivity index (χ0v) is 7.83. The second-order valence-electron chi connectivity index (χ2n) is 2.90. The molecule has 0 radical (unpaired) electrons. The fourth-order valence-electron chi connectivity index (χ4n) is 1.33. The molecule has 0 aliphatic rings. The monoisotopic (exact) mass is 195 g/mol. The number of pyridine rings is 1. The third-order valence-corrected chi connectivity index (χ3v) is 2.27. The number of hydrogen-bond acceptors (Lipinski definition) is 2. The summed E-state index contributed by atoms with van der Waals surface area (Å²) in [5, 5.41) is 0.541. The van der Waals surface area contributed by atoms with Crippen LogP contribution >= 0.6 is 11.6 Å². The number of imidazole rings is 1. The summed E-state index contributed by atoms with van der Waals surface area (Å²) in [6.07, 6.45) is 4.59. The molecule has 2 aromatic heterocycles. The van der Waals surface area contributed by atoms with Crippen LogP contribution in [0.15, 0.2) is 24.7 Å². The van der Waals surface area contributed by atoms with E-state index in [1.165, 1.54) is 5.56 Å². The highest BCUT2D eigenvalue weighted by molar-refractivity contribution is 6.32. The second kappa shape index (κ2) is 3.36. The molecule has 0 saturated carbocycles. The average molecular weight is 196 g/mol. The molecule has 0 saturated heterocycles. The van der Waals surface area contributed by atoms with Crippen LogP contribution in [0.5, 0.6) is 0 Å². The SMILES string of the molecule is NCCc1ccc2c(Cl)ncn2c1. The molecule has 0 aliphatic heterocycles. The van der Waals surface area contributed by atoms with Crippen molar-refractivity contribution in [3.05, 3.63) is 35.4 Å². The average Bonchev–Trinajstić information content (AvgIpc) is 2.48. The van der Waals surface area contributed by atoms with Gasteiger partial charge in [-0.05, 0) is 24.6 Å². The zero-order chi connectivity index (χ0) is 9.26. The summed E-state index contributed by atoms with van der Waals surface area (Å²) < 4.78 is 1.91. The molecule has 0 fully saturated rings. The van der Waals surface area contributed by atoms with Gasteiger partial charge in [0.05, 0.1) is 5.52 Å². The number of hydrogen-bond donors (Lipinski definition) is 1. The largest absolute Gasteiger partial charge is 0.330 e. The van der Waals surface area contributed by atoms with Gasteiger partial charge in [0.1, 0.15) is 6.33 Å². The van der Waals surface area contributed by atoms with Crippen molar-refractivity contribution in [2.75, 3.05) is 6.54 Å². The first-order chi connectivity index (χ1) is 6.31. The van der Waals surface area contributed by atoms with Crippen molar-refractivity contribution >= 4 is 17.1 Å². The maximum absolute atomic E-state index is 5.85. The molecule has 0 atom stereocenters. The Morgan fingerprint density at radius 2 is 2.31 bits per heavy atom. The molecule has 0 aliphatic carbocycles. The van der Waals surface area contributed by atoms with E-state index >= 15 is 0 Å². The van der Waals surface area contributed by atoms with Gasteiger partial charge in [0, 0.05) is 6.20 Å². The summed E-state index contributed by atoms with van der Waals surface area (Å²) in [7, 11) is 0. The molecular formula is C9H10ClN3. The number of nitrogens with two attached hydrogens (primary N) is 1. The van der Waals surface area contributed by atoms with E-state index in [1.54, 1.807) is 6.33 Å². The molecule has 0 amide bonds. The Labute approximate surface area is 81.1 Å². The van der Waals surface area contributed by atoms with Gasteiger partial charge >= 0.3 is 0 Å². The Kier molecular flexibility index (Phi) is 2.20. The lowest BCUT2D eigenvalue weighted by atomic mass is 10.2. The molecular weight excluding hydrogens is 186 g/mol. The van der Waals surface area contributed by atoms with Crippen LogP contribution in [0.2, 0.25) is 5.15 Å². The molecule has 3 nitrogen and oxygen atoms in total. The van der Waals surface area contributed by atoms with Gasteiger partial charge in [0.25, 0.3) is 0 Å². The summed E-state index contributed by atoms with van der Waals surface area (Å²) in [4.78, 5) is 3.99. The van der Waals surface area contributed by atoms with Crippen LogP contribution < -0.4 is 5.73 Å². The molecule has 2 aromatic rings. The van der Waals surface area contributed by atoms with Crippen LogP contribution in [-0.2, 0) is 6.42 Å². The minimum absolute atomic E-state index is 0.541. The minimum Gasteiger partial charge on any atom is -0.330 e. The normalized spacial score (nSPS) is 10.9. The number of rotatable bonds is 2. The molecule has 0 unspecified atom stereocenters. The lowest BCUT2D eigenvalue weighted by Crippen LogP contribution is -2.03. The predicted octanol–water partition coefficient (Wildman–Crippen LogP) is 1.49. The smallest absolute Gasteiger partial charge is 0.154 e. The van der Waals surface area contributed by atoms with Gasteiger partial charge in [-0.25, -0.2) is 4.98 Å². The first-order valence-corrected chi connectivity index (χ1v) is 4.50. The van der Waals surface area contributed by atoms with Gasteiger partial charge in [-0.1, -0.05) is 17.7 Å². The standard InChI is InChI=1S/C9H10ClN3/c10-9-8-2-1-7(3-4-11)5-13(8)6-12-9/h1-2,5-6H,3-4,11H2. The van der Waals surface area contributed by atoms with Crippen molar-refractivity contribution in [1.29, 1.82) is 0 Å². The van der Waals surface area contributed by atoms with Gasteiger partial charge in [-0.2, -0.15) is 0 Å². The fraction of sp³-hybridized carbons (Fsp3) is 0.222. The van der Waals surface area contributed by atoms with Crippen molar-refractivity contribution in [3.8, 4) is 0 Å². The molecule has 0 spiro atoms. The minimum atomic E-state index is 0.541. The Bertz CT molecular complexity index is 422. The molecule has 0 aromatic carbocycles. The maximum Gasteiger partial charge on any atom is 0.154 e. The summed E-state index contributed by atoms with van der Waals surface area (Å²) in [5.41, 5.74) is 7.59. The van der Waals surface area contributed by atoms with Crippen LogP contribution in [-0.4, -0.2) is 15.9 Å². The van der Waals surface area contributed by atoms with Crippen LogP contribution in [0.25, 0.3) is 5.52 Å². The van der Waals surface area contributed by atoms with Gasteiger partial charge in [-0.15, -0.1) is 0 Å². The van der Waals surface area contributed by atoms with Crippen molar-refractivity contribution in [1.82, 2.24) is 9.38 Å². The highest BCUT2D eigenvalue weighted by Gasteiger charge is 2.00. The summed E-state index contributed by atoms with van der Waals surface area (Å²) in [6, 6.07) is 3.98. The van der Waals surface area contributed by atoms with Crippen LogP contribution in [0.4, 0.5) is 0 Å². The number of nitrogens with zero attached hydrogens (tertiary/aromatic N) is 2. The Hall–Kier alpha value is -1.06. The van der Waals surface area contributed by atoms with E-state index in [0.717, 1.165) is 11.9 Å². The van der Waals surface area contributed by atoms with Gasteiger partial charge < -0.3 is 10.1 Å². The Morgan fingerprint density at radius 1 is 1.46 bits per heavy atom. The van der Waals surface area contributed by atoms with Gasteiger partial charge in [0.15, 0.2) is 5.15 Å². The zero-order valence-electron chi connectivity index (χ0n) is 7.07. The molecule has 68 valence electrons. The van der Waals surface area contributed by atoms with E-state index in [9.17, 15) is 0 Å². The predicted molar refractivity (Wildman–Crippen MR) is 53.0 cm³/mol. The quantitative estimate of drug-likeness (QED) is 0.789. The fourth-order valence-corrected chi connectivity index (χ4v) is 1.53. The van der Waals surface area contributed by atoms with Crippen molar-refractivity contribution in [2.24, 2.45) is 5.73 Å². The summed E-state index contributed by atoms with van der Waals surface area (Å²) >= 11 is 5.85. The second-order valence-corrected chi connectivity index (χ2v) is 3.26. The van der Waals surface area contributed by atoms with E-state index in [-0.39, 0.29) is 0 Å². The van der Waals surface area contributed by atoms with Gasteiger partial charge in [-0.3, -0.25) is 0 Å². The topological polar surface area (TPSA) is 43.3 Å². The molecule has 2 heterocycles. The molecule has 13 heavy (non-hydrogen) atoms. The lowest BCUT2D eigenvalue weighted by molar-refractivity contribution is 0.951. The first kappa shape index (κ1) is 8.53. The lowest BCUT2D eigenvalue weighted by Gasteiger charge is -1.99. The summed E-state index contributed by atoms with van der Waals surface area (Å²) in [5.74, 6) is 0. The first-order valence-electron chi connectivity index (χ1n) is 4.12. The van der Waals surface area contributed by atoms with Crippen molar-refractivity contribution in [3.63, 3.8) is 0 Å². The van der Waals surface area contributed by atoms with Crippen molar-refractivity contribution < 1.29 is 0 Å². The third-order valence-electron chi connectivity index (χ3n) is 1.98. The molecule has 2 rings (SSSR count). The number of aromatic nitrogens is 2. The van der Waals surface area contributed by atoms with Crippen LogP contribution in [0.1, 0.15) is 5.56 Å². The molecule has 4 heteroatoms. The number of halogens is 1. The van der Waals surface area contributed by atoms with E-state index in [4.69, 9.17) is 17.3 Å². The molecule has 2 N–H and O–H groups in total. The third kappa shape index (κ3) is 1.53. The Balaban J connectivity index is 2.50. The van der Waals surface area contributed by atoms with Crippen LogP contribution in [0.3, 0.4) is 0 Å². The van der Waals surface area contributed by atoms with Crippen LogP contribution in [0, 0.1) is 0 Å².